The molecular weight excluding hydrogens is 369 g/mol. The number of carbonyl (C=O) groups is 2. The van der Waals surface area contributed by atoms with Crippen molar-refractivity contribution in [1.82, 2.24) is 15.2 Å². The zero-order valence-electron chi connectivity index (χ0n) is 14.2. The van der Waals surface area contributed by atoms with Gasteiger partial charge in [-0.05, 0) is 25.7 Å². The molecule has 0 radical (unpaired) electrons. The minimum absolute atomic E-state index is 0.0400. The van der Waals surface area contributed by atoms with Gasteiger partial charge in [-0.15, -0.1) is 11.3 Å². The van der Waals surface area contributed by atoms with E-state index in [1.54, 1.807) is 11.3 Å². The van der Waals surface area contributed by atoms with Gasteiger partial charge in [-0.1, -0.05) is 0 Å². The van der Waals surface area contributed by atoms with E-state index in [9.17, 15) is 22.8 Å². The quantitative estimate of drug-likeness (QED) is 0.835. The Kier molecular flexibility index (Phi) is 5.69. The highest BCUT2D eigenvalue weighted by Gasteiger charge is 2.47. The first-order valence-corrected chi connectivity index (χ1v) is 9.59. The van der Waals surface area contributed by atoms with Gasteiger partial charge in [0.05, 0.1) is 5.69 Å². The molecule has 1 aromatic heterocycles. The van der Waals surface area contributed by atoms with Gasteiger partial charge in [0.2, 0.25) is 5.91 Å². The number of halogens is 3. The summed E-state index contributed by atoms with van der Waals surface area (Å²) in [6, 6.07) is -1.04. The molecule has 0 saturated carbocycles. The number of rotatable bonds is 5. The van der Waals surface area contributed by atoms with Crippen LogP contribution in [0, 0.1) is 0 Å². The van der Waals surface area contributed by atoms with Crippen molar-refractivity contribution >= 4 is 28.3 Å². The number of likely N-dealkylation sites (tertiary alicyclic amines) is 1. The van der Waals surface area contributed by atoms with Crippen molar-refractivity contribution in [3.05, 3.63) is 11.1 Å². The molecule has 1 aromatic rings. The number of nitrogens with zero attached hydrogens (tertiary/aromatic N) is 3. The maximum Gasteiger partial charge on any atom is 0.471 e. The minimum Gasteiger partial charge on any atom is -0.354 e. The molecule has 0 bridgehead atoms. The molecule has 144 valence electrons. The van der Waals surface area contributed by atoms with Gasteiger partial charge < -0.3 is 15.1 Å². The number of hydrogen-bond donors (Lipinski definition) is 1. The molecule has 6 nitrogen and oxygen atoms in total. The second-order valence-electron chi connectivity index (χ2n) is 6.51. The van der Waals surface area contributed by atoms with Crippen molar-refractivity contribution in [2.75, 3.05) is 31.1 Å². The second-order valence-corrected chi connectivity index (χ2v) is 7.35. The van der Waals surface area contributed by atoms with Gasteiger partial charge in [0, 0.05) is 38.0 Å². The van der Waals surface area contributed by atoms with E-state index in [1.165, 1.54) is 12.8 Å². The van der Waals surface area contributed by atoms with Crippen LogP contribution in [0.2, 0.25) is 0 Å². The molecule has 0 spiro atoms. The third-order valence-corrected chi connectivity index (χ3v) is 5.61. The predicted molar refractivity (Wildman–Crippen MR) is 91.1 cm³/mol. The van der Waals surface area contributed by atoms with Crippen LogP contribution < -0.4 is 10.2 Å². The molecule has 1 N–H and O–H groups in total. The Labute approximate surface area is 153 Å². The summed E-state index contributed by atoms with van der Waals surface area (Å²) in [6.07, 6.45) is -1.46. The van der Waals surface area contributed by atoms with Crippen molar-refractivity contribution in [2.45, 2.75) is 44.3 Å². The zero-order chi connectivity index (χ0) is 18.7. The van der Waals surface area contributed by atoms with Crippen molar-refractivity contribution < 1.29 is 22.8 Å². The van der Waals surface area contributed by atoms with E-state index in [1.807, 2.05) is 5.38 Å². The van der Waals surface area contributed by atoms with Gasteiger partial charge >= 0.3 is 12.1 Å². The lowest BCUT2D eigenvalue weighted by atomic mass is 10.2. The average molecular weight is 390 g/mol. The molecule has 0 aliphatic carbocycles. The number of thiazole rings is 1. The number of aromatic nitrogens is 1. The molecule has 2 aliphatic heterocycles. The van der Waals surface area contributed by atoms with Crippen LogP contribution in [0.5, 0.6) is 0 Å². The normalized spacial score (nSPS) is 20.7. The van der Waals surface area contributed by atoms with E-state index in [-0.39, 0.29) is 19.5 Å². The third-order valence-electron chi connectivity index (χ3n) is 4.66. The van der Waals surface area contributed by atoms with Crippen LogP contribution in [0.1, 0.15) is 31.4 Å². The SMILES string of the molecule is O=C(NCCc1csc(N2CCCC2)n1)C1CCCN1C(=O)C(F)(F)F. The molecule has 2 fully saturated rings. The lowest BCUT2D eigenvalue weighted by molar-refractivity contribution is -0.186. The molecule has 3 rings (SSSR count). The molecule has 3 heterocycles. The Morgan fingerprint density at radius 1 is 1.23 bits per heavy atom. The number of anilines is 1. The van der Waals surface area contributed by atoms with Gasteiger partial charge in [0.1, 0.15) is 6.04 Å². The summed E-state index contributed by atoms with van der Waals surface area (Å²) in [4.78, 5) is 31.0. The topological polar surface area (TPSA) is 65.5 Å². The van der Waals surface area contributed by atoms with Gasteiger partial charge in [-0.2, -0.15) is 13.2 Å². The van der Waals surface area contributed by atoms with Crippen LogP contribution in [0.25, 0.3) is 0 Å². The summed E-state index contributed by atoms with van der Waals surface area (Å²) < 4.78 is 37.8. The molecule has 2 amide bonds. The van der Waals surface area contributed by atoms with E-state index in [0.29, 0.717) is 17.7 Å². The Hall–Kier alpha value is -1.84. The van der Waals surface area contributed by atoms with Gasteiger partial charge in [-0.25, -0.2) is 4.98 Å². The maximum atomic E-state index is 12.6. The minimum atomic E-state index is -4.95. The van der Waals surface area contributed by atoms with Crippen LogP contribution >= 0.6 is 11.3 Å². The van der Waals surface area contributed by atoms with Gasteiger partial charge in [0.25, 0.3) is 0 Å². The van der Waals surface area contributed by atoms with Gasteiger partial charge in [0.15, 0.2) is 5.13 Å². The molecule has 2 saturated heterocycles. The molecular formula is C16H21F3N4O2S. The molecule has 1 unspecified atom stereocenters. The predicted octanol–water partition coefficient (Wildman–Crippen LogP) is 1.96. The highest BCUT2D eigenvalue weighted by atomic mass is 32.1. The second kappa shape index (κ2) is 7.81. The standard InChI is InChI=1S/C16H21F3N4O2S/c17-16(18,19)14(25)23-9-3-4-12(23)13(24)20-6-5-11-10-26-15(21-11)22-7-1-2-8-22/h10,12H,1-9H2,(H,20,24). The van der Waals surface area contributed by atoms with Crippen LogP contribution in [0.4, 0.5) is 18.3 Å². The van der Waals surface area contributed by atoms with E-state index >= 15 is 0 Å². The summed E-state index contributed by atoms with van der Waals surface area (Å²) in [5.41, 5.74) is 0.854. The van der Waals surface area contributed by atoms with Gasteiger partial charge in [-0.3, -0.25) is 9.59 Å². The van der Waals surface area contributed by atoms with Crippen LogP contribution in [0.15, 0.2) is 5.38 Å². The molecule has 10 heteroatoms. The van der Waals surface area contributed by atoms with Crippen molar-refractivity contribution in [3.8, 4) is 0 Å². The van der Waals surface area contributed by atoms with E-state index in [0.717, 1.165) is 23.9 Å². The first-order valence-electron chi connectivity index (χ1n) is 8.71. The molecule has 0 aromatic carbocycles. The van der Waals surface area contributed by atoms with Crippen molar-refractivity contribution in [2.24, 2.45) is 0 Å². The summed E-state index contributed by atoms with van der Waals surface area (Å²) in [5.74, 6) is -2.47. The van der Waals surface area contributed by atoms with Crippen molar-refractivity contribution in [3.63, 3.8) is 0 Å². The smallest absolute Gasteiger partial charge is 0.354 e. The van der Waals surface area contributed by atoms with E-state index < -0.39 is 24.0 Å². The summed E-state index contributed by atoms with van der Waals surface area (Å²) in [6.45, 7) is 2.26. The highest BCUT2D eigenvalue weighted by Crippen LogP contribution is 2.26. The first kappa shape index (κ1) is 18.9. The van der Waals surface area contributed by atoms with E-state index in [4.69, 9.17) is 0 Å². The number of alkyl halides is 3. The average Bonchev–Trinajstić information content (AvgIpc) is 3.32. The fourth-order valence-electron chi connectivity index (χ4n) is 3.34. The number of amides is 2. The third kappa shape index (κ3) is 4.28. The summed E-state index contributed by atoms with van der Waals surface area (Å²) in [5, 5.41) is 5.55. The monoisotopic (exact) mass is 390 g/mol. The van der Waals surface area contributed by atoms with Crippen LogP contribution in [0.3, 0.4) is 0 Å². The Morgan fingerprint density at radius 2 is 1.96 bits per heavy atom. The van der Waals surface area contributed by atoms with Crippen LogP contribution in [-0.2, 0) is 16.0 Å². The first-order chi connectivity index (χ1) is 12.4. The van der Waals surface area contributed by atoms with Crippen molar-refractivity contribution in [1.29, 1.82) is 0 Å². The maximum absolute atomic E-state index is 12.6. The number of carbonyl (C=O) groups excluding carboxylic acids is 2. The fourth-order valence-corrected chi connectivity index (χ4v) is 4.26. The molecule has 2 aliphatic rings. The lowest BCUT2D eigenvalue weighted by Gasteiger charge is -2.24. The largest absolute Gasteiger partial charge is 0.471 e. The number of hydrogen-bond acceptors (Lipinski definition) is 5. The highest BCUT2D eigenvalue weighted by molar-refractivity contribution is 7.13. The Balaban J connectivity index is 1.48. The van der Waals surface area contributed by atoms with Crippen LogP contribution in [-0.4, -0.2) is 60.1 Å². The molecule has 1 atom stereocenters. The van der Waals surface area contributed by atoms with E-state index in [2.05, 4.69) is 15.2 Å². The zero-order valence-corrected chi connectivity index (χ0v) is 15.0. The Morgan fingerprint density at radius 3 is 2.65 bits per heavy atom. The fraction of sp³-hybridized carbons (Fsp3) is 0.688. The Bertz CT molecular complexity index is 658. The summed E-state index contributed by atoms with van der Waals surface area (Å²) >= 11 is 1.56. The summed E-state index contributed by atoms with van der Waals surface area (Å²) in [7, 11) is 0. The molecule has 26 heavy (non-hydrogen) atoms. The number of nitrogens with one attached hydrogen (secondary N) is 1. The lowest BCUT2D eigenvalue weighted by Crippen LogP contribution is -2.50.